The van der Waals surface area contributed by atoms with E-state index in [2.05, 4.69) is 14.8 Å². The van der Waals surface area contributed by atoms with Crippen molar-refractivity contribution in [2.24, 2.45) is 0 Å². The van der Waals surface area contributed by atoms with Gasteiger partial charge >= 0.3 is 6.29 Å². The molecule has 0 saturated carbocycles. The van der Waals surface area contributed by atoms with E-state index in [0.717, 1.165) is 0 Å². The molecule has 0 aliphatic carbocycles. The number of amides is 1. The SMILES string of the molecule is COc1ccc(C(=O)CCCC(=O)Nc2ccc3c(c2)OC(F)(F)O3)cc1. The van der Waals surface area contributed by atoms with Crippen LogP contribution in [0.3, 0.4) is 0 Å². The van der Waals surface area contributed by atoms with Crippen molar-refractivity contribution in [3.8, 4) is 17.2 Å². The molecule has 0 unspecified atom stereocenters. The first-order chi connectivity index (χ1) is 12.9. The maximum Gasteiger partial charge on any atom is 0.586 e. The van der Waals surface area contributed by atoms with Crippen LogP contribution in [0.5, 0.6) is 17.2 Å². The number of hydrogen-bond donors (Lipinski definition) is 1. The van der Waals surface area contributed by atoms with Gasteiger partial charge in [-0.2, -0.15) is 0 Å². The summed E-state index contributed by atoms with van der Waals surface area (Å²) in [6, 6.07) is 10.7. The van der Waals surface area contributed by atoms with Gasteiger partial charge in [-0.3, -0.25) is 9.59 Å². The zero-order valence-electron chi connectivity index (χ0n) is 14.5. The lowest BCUT2D eigenvalue weighted by molar-refractivity contribution is -0.286. The van der Waals surface area contributed by atoms with Crippen molar-refractivity contribution in [1.82, 2.24) is 0 Å². The monoisotopic (exact) mass is 377 g/mol. The molecule has 27 heavy (non-hydrogen) atoms. The van der Waals surface area contributed by atoms with Crippen LogP contribution in [0.25, 0.3) is 0 Å². The summed E-state index contributed by atoms with van der Waals surface area (Å²) in [7, 11) is 1.54. The molecule has 2 aromatic carbocycles. The number of ether oxygens (including phenoxy) is 3. The molecule has 0 saturated heterocycles. The summed E-state index contributed by atoms with van der Waals surface area (Å²) in [5, 5.41) is 2.58. The number of methoxy groups -OCH3 is 1. The maximum atomic E-state index is 13.0. The predicted molar refractivity (Wildman–Crippen MR) is 92.5 cm³/mol. The minimum absolute atomic E-state index is 0.0734. The molecule has 1 heterocycles. The van der Waals surface area contributed by atoms with Gasteiger partial charge in [-0.05, 0) is 42.8 Å². The summed E-state index contributed by atoms with van der Waals surface area (Å²) in [5.74, 6) is 0.0157. The van der Waals surface area contributed by atoms with Crippen LogP contribution in [0.15, 0.2) is 42.5 Å². The second kappa shape index (κ2) is 7.61. The molecule has 0 fully saturated rings. The van der Waals surface area contributed by atoms with Gasteiger partial charge in [0, 0.05) is 30.2 Å². The minimum atomic E-state index is -3.70. The van der Waals surface area contributed by atoms with Crippen LogP contribution in [0.1, 0.15) is 29.6 Å². The van der Waals surface area contributed by atoms with Crippen LogP contribution in [0.2, 0.25) is 0 Å². The van der Waals surface area contributed by atoms with Gasteiger partial charge in [-0.25, -0.2) is 0 Å². The number of hydrogen-bond acceptors (Lipinski definition) is 5. The Bertz CT molecular complexity index is 852. The van der Waals surface area contributed by atoms with E-state index in [4.69, 9.17) is 4.74 Å². The highest BCUT2D eigenvalue weighted by Gasteiger charge is 2.43. The summed E-state index contributed by atoms with van der Waals surface area (Å²) in [6.07, 6.45) is -3.01. The Kier molecular flexibility index (Phi) is 5.25. The number of alkyl halides is 2. The number of halogens is 2. The smallest absolute Gasteiger partial charge is 0.497 e. The number of carbonyl (C=O) groups excluding carboxylic acids is 2. The van der Waals surface area contributed by atoms with Crippen molar-refractivity contribution in [3.05, 3.63) is 48.0 Å². The second-order valence-electron chi connectivity index (χ2n) is 5.88. The highest BCUT2D eigenvalue weighted by atomic mass is 19.3. The fourth-order valence-corrected chi connectivity index (χ4v) is 2.58. The summed E-state index contributed by atoms with van der Waals surface area (Å²) >= 11 is 0. The van der Waals surface area contributed by atoms with Crippen LogP contribution < -0.4 is 19.5 Å². The quantitative estimate of drug-likeness (QED) is 0.738. The third-order valence-electron chi connectivity index (χ3n) is 3.90. The number of fused-ring (bicyclic) bond motifs is 1. The molecule has 0 atom stereocenters. The third kappa shape index (κ3) is 4.72. The summed E-state index contributed by atoms with van der Waals surface area (Å²) < 4.78 is 39.6. The number of rotatable bonds is 7. The van der Waals surface area contributed by atoms with E-state index in [0.29, 0.717) is 23.4 Å². The number of ketones is 1. The van der Waals surface area contributed by atoms with E-state index in [1.807, 2.05) is 0 Å². The Labute approximate surface area is 154 Å². The van der Waals surface area contributed by atoms with E-state index >= 15 is 0 Å². The van der Waals surface area contributed by atoms with Gasteiger partial charge < -0.3 is 19.5 Å². The molecule has 3 rings (SSSR count). The van der Waals surface area contributed by atoms with Crippen LogP contribution in [0, 0.1) is 0 Å². The van der Waals surface area contributed by atoms with E-state index in [1.165, 1.54) is 18.2 Å². The average molecular weight is 377 g/mol. The molecule has 8 heteroatoms. The summed E-state index contributed by atoms with van der Waals surface area (Å²) in [6.45, 7) is 0. The largest absolute Gasteiger partial charge is 0.586 e. The van der Waals surface area contributed by atoms with E-state index in [1.54, 1.807) is 31.4 Å². The second-order valence-corrected chi connectivity index (χ2v) is 5.88. The zero-order chi connectivity index (χ0) is 19.4. The molecule has 0 bridgehead atoms. The highest BCUT2D eigenvalue weighted by Crippen LogP contribution is 2.42. The molecule has 1 N–H and O–H groups in total. The van der Waals surface area contributed by atoms with E-state index in [9.17, 15) is 18.4 Å². The fraction of sp³-hybridized carbons (Fsp3) is 0.263. The van der Waals surface area contributed by atoms with Crippen LogP contribution in [-0.2, 0) is 4.79 Å². The van der Waals surface area contributed by atoms with Crippen LogP contribution in [-0.4, -0.2) is 25.1 Å². The highest BCUT2D eigenvalue weighted by molar-refractivity contribution is 5.97. The number of anilines is 1. The molecular formula is C19H17F2NO5. The van der Waals surface area contributed by atoms with Gasteiger partial charge in [-0.15, -0.1) is 8.78 Å². The summed E-state index contributed by atoms with van der Waals surface area (Å²) in [4.78, 5) is 24.1. The number of Topliss-reactive ketones (excluding diaryl/α,β-unsaturated/α-hetero) is 1. The van der Waals surface area contributed by atoms with Gasteiger partial charge in [0.25, 0.3) is 0 Å². The lowest BCUT2D eigenvalue weighted by Gasteiger charge is -2.06. The average Bonchev–Trinajstić information content (AvgIpc) is 2.94. The molecule has 1 aliphatic rings. The Balaban J connectivity index is 1.47. The van der Waals surface area contributed by atoms with Crippen molar-refractivity contribution < 1.29 is 32.6 Å². The van der Waals surface area contributed by atoms with Gasteiger partial charge in [0.1, 0.15) is 5.75 Å². The Morgan fingerprint density at radius 2 is 1.74 bits per heavy atom. The van der Waals surface area contributed by atoms with Crippen molar-refractivity contribution in [1.29, 1.82) is 0 Å². The van der Waals surface area contributed by atoms with Crippen molar-refractivity contribution in [2.45, 2.75) is 25.6 Å². The minimum Gasteiger partial charge on any atom is -0.497 e. The Morgan fingerprint density at radius 3 is 2.44 bits per heavy atom. The van der Waals surface area contributed by atoms with E-state index in [-0.39, 0.29) is 36.0 Å². The molecule has 0 spiro atoms. The van der Waals surface area contributed by atoms with Crippen molar-refractivity contribution in [2.75, 3.05) is 12.4 Å². The molecule has 1 aliphatic heterocycles. The number of nitrogens with one attached hydrogen (secondary N) is 1. The van der Waals surface area contributed by atoms with Gasteiger partial charge in [0.2, 0.25) is 5.91 Å². The topological polar surface area (TPSA) is 73.9 Å². The maximum absolute atomic E-state index is 13.0. The third-order valence-corrected chi connectivity index (χ3v) is 3.90. The standard InChI is InChI=1S/C19H17F2NO5/c1-25-14-8-5-12(6-9-14)15(23)3-2-4-18(24)22-13-7-10-16-17(11-13)27-19(20,21)26-16/h5-11H,2-4H2,1H3,(H,22,24). The number of benzene rings is 2. The van der Waals surface area contributed by atoms with Gasteiger partial charge in [0.05, 0.1) is 7.11 Å². The first-order valence-electron chi connectivity index (χ1n) is 8.23. The summed E-state index contributed by atoms with van der Waals surface area (Å²) in [5.41, 5.74) is 0.856. The normalized spacial score (nSPS) is 13.9. The molecular weight excluding hydrogens is 360 g/mol. The van der Waals surface area contributed by atoms with Crippen molar-refractivity contribution >= 4 is 17.4 Å². The van der Waals surface area contributed by atoms with E-state index < -0.39 is 6.29 Å². The Hall–Kier alpha value is -3.16. The molecule has 0 aromatic heterocycles. The molecule has 0 radical (unpaired) electrons. The lowest BCUT2D eigenvalue weighted by atomic mass is 10.1. The van der Waals surface area contributed by atoms with Gasteiger partial charge in [-0.1, -0.05) is 0 Å². The first-order valence-corrected chi connectivity index (χ1v) is 8.23. The van der Waals surface area contributed by atoms with Crippen LogP contribution >= 0.6 is 0 Å². The lowest BCUT2D eigenvalue weighted by Crippen LogP contribution is -2.25. The number of carbonyl (C=O) groups is 2. The molecule has 142 valence electrons. The molecule has 2 aromatic rings. The predicted octanol–water partition coefficient (Wildman–Crippen LogP) is 4.01. The fourth-order valence-electron chi connectivity index (χ4n) is 2.58. The van der Waals surface area contributed by atoms with Crippen LogP contribution in [0.4, 0.5) is 14.5 Å². The first kappa shape index (κ1) is 18.6. The molecule has 1 amide bonds. The zero-order valence-corrected chi connectivity index (χ0v) is 14.5. The van der Waals surface area contributed by atoms with Gasteiger partial charge in [0.15, 0.2) is 17.3 Å². The Morgan fingerprint density at radius 1 is 1.04 bits per heavy atom. The van der Waals surface area contributed by atoms with Crippen molar-refractivity contribution in [3.63, 3.8) is 0 Å². The molecule has 6 nitrogen and oxygen atoms in total.